The van der Waals surface area contributed by atoms with Gasteiger partial charge in [0, 0.05) is 38.3 Å². The molecule has 6 heteroatoms. The van der Waals surface area contributed by atoms with Crippen LogP contribution in [-0.4, -0.2) is 54.3 Å². The second-order valence-corrected chi connectivity index (χ2v) is 8.26. The average Bonchev–Trinajstić information content (AvgIpc) is 2.88. The van der Waals surface area contributed by atoms with Gasteiger partial charge in [-0.2, -0.15) is 0 Å². The van der Waals surface area contributed by atoms with Crippen LogP contribution in [0, 0.1) is 0 Å². The molecule has 0 bridgehead atoms. The molecule has 0 aromatic heterocycles. The molecule has 0 saturated carbocycles. The lowest BCUT2D eigenvalue weighted by Crippen LogP contribution is -2.48. The first-order chi connectivity index (χ1) is 16.6. The number of para-hydroxylation sites is 1. The van der Waals surface area contributed by atoms with Crippen molar-refractivity contribution in [3.63, 3.8) is 0 Å². The fourth-order valence-electron chi connectivity index (χ4n) is 3.97. The number of piperazine rings is 1. The lowest BCUT2D eigenvalue weighted by Gasteiger charge is -2.34. The molecule has 1 heterocycles. The predicted octanol–water partition coefficient (Wildman–Crippen LogP) is 3.84. The van der Waals surface area contributed by atoms with Gasteiger partial charge in [-0.1, -0.05) is 66.7 Å². The molecule has 6 nitrogen and oxygen atoms in total. The smallest absolute Gasteiger partial charge is 0.253 e. The average molecular weight is 456 g/mol. The number of primary amides is 1. The summed E-state index contributed by atoms with van der Waals surface area (Å²) in [7, 11) is 0. The summed E-state index contributed by atoms with van der Waals surface area (Å²) in [5.74, 6) is -0.0720. The maximum absolute atomic E-state index is 13.1. The zero-order valence-corrected chi connectivity index (χ0v) is 19.1. The van der Waals surface area contributed by atoms with Crippen LogP contribution in [0.15, 0.2) is 84.9 Å². The summed E-state index contributed by atoms with van der Waals surface area (Å²) in [6, 6.07) is 24.6. The Bertz CT molecular complexity index is 1150. The Hall–Kier alpha value is -3.90. The maximum atomic E-state index is 13.1. The van der Waals surface area contributed by atoms with Crippen molar-refractivity contribution < 1.29 is 14.3 Å². The van der Waals surface area contributed by atoms with Crippen LogP contribution >= 0.6 is 0 Å². The third-order valence-electron chi connectivity index (χ3n) is 5.85. The Kier molecular flexibility index (Phi) is 7.73. The van der Waals surface area contributed by atoms with Gasteiger partial charge in [-0.15, -0.1) is 0 Å². The first-order valence-electron chi connectivity index (χ1n) is 11.4. The number of carbonyl (C=O) groups is 2. The van der Waals surface area contributed by atoms with Crippen molar-refractivity contribution in [2.24, 2.45) is 5.73 Å². The monoisotopic (exact) mass is 455 g/mol. The van der Waals surface area contributed by atoms with Gasteiger partial charge in [-0.3, -0.25) is 14.5 Å². The molecule has 0 aliphatic carbocycles. The number of hydrogen-bond donors (Lipinski definition) is 1. The summed E-state index contributed by atoms with van der Waals surface area (Å²) >= 11 is 0. The summed E-state index contributed by atoms with van der Waals surface area (Å²) in [6.07, 6.45) is 4.31. The first-order valence-corrected chi connectivity index (χ1v) is 11.4. The van der Waals surface area contributed by atoms with Gasteiger partial charge in [0.25, 0.3) is 11.8 Å². The fraction of sp³-hybridized carbons (Fsp3) is 0.214. The molecule has 4 rings (SSSR count). The molecule has 3 aromatic carbocycles. The maximum Gasteiger partial charge on any atom is 0.253 e. The van der Waals surface area contributed by atoms with Crippen LogP contribution in [0.25, 0.3) is 6.08 Å². The molecule has 1 fully saturated rings. The zero-order chi connectivity index (χ0) is 23.8. The number of hydrogen-bond acceptors (Lipinski definition) is 4. The molecule has 0 radical (unpaired) electrons. The van der Waals surface area contributed by atoms with Gasteiger partial charge in [0.2, 0.25) is 0 Å². The number of nitrogens with two attached hydrogens (primary N) is 1. The van der Waals surface area contributed by atoms with Crippen LogP contribution in [0.2, 0.25) is 0 Å². The Labute approximate surface area is 200 Å². The summed E-state index contributed by atoms with van der Waals surface area (Å²) in [5.41, 5.74) is 8.45. The van der Waals surface area contributed by atoms with E-state index in [1.807, 2.05) is 47.4 Å². The molecule has 0 atom stereocenters. The largest absolute Gasteiger partial charge is 0.488 e. The van der Waals surface area contributed by atoms with Crippen LogP contribution in [0.5, 0.6) is 5.75 Å². The SMILES string of the molecule is NC(=O)c1ccccc1OCc1cccc(C(=O)N2CCN(C/C=C/c3ccccc3)CC2)c1. The summed E-state index contributed by atoms with van der Waals surface area (Å²) in [6.45, 7) is 4.20. The van der Waals surface area contributed by atoms with Crippen molar-refractivity contribution in [1.29, 1.82) is 0 Å². The van der Waals surface area contributed by atoms with Crippen molar-refractivity contribution in [3.8, 4) is 5.75 Å². The molecule has 3 aromatic rings. The van der Waals surface area contributed by atoms with Crippen molar-refractivity contribution in [2.45, 2.75) is 6.61 Å². The fourth-order valence-corrected chi connectivity index (χ4v) is 3.97. The number of nitrogens with zero attached hydrogens (tertiary/aromatic N) is 2. The Morgan fingerprint density at radius 1 is 0.882 bits per heavy atom. The van der Waals surface area contributed by atoms with E-state index in [4.69, 9.17) is 10.5 Å². The predicted molar refractivity (Wildman–Crippen MR) is 134 cm³/mol. The minimum atomic E-state index is -0.533. The molecule has 1 saturated heterocycles. The molecule has 0 spiro atoms. The standard InChI is InChI=1S/C28H29N3O3/c29-27(32)25-13-4-5-14-26(25)34-21-23-10-6-12-24(20-23)28(33)31-18-16-30(17-19-31)15-7-11-22-8-2-1-3-9-22/h1-14,20H,15-19,21H2,(H2,29,32)/b11-7+. The second kappa shape index (κ2) is 11.3. The van der Waals surface area contributed by atoms with E-state index in [-0.39, 0.29) is 12.5 Å². The third kappa shape index (κ3) is 6.11. The lowest BCUT2D eigenvalue weighted by atomic mass is 10.1. The van der Waals surface area contributed by atoms with E-state index >= 15 is 0 Å². The highest BCUT2D eigenvalue weighted by molar-refractivity contribution is 5.95. The molecule has 2 amide bonds. The molecule has 0 unspecified atom stereocenters. The van der Waals surface area contributed by atoms with Crippen molar-refractivity contribution >= 4 is 17.9 Å². The van der Waals surface area contributed by atoms with E-state index < -0.39 is 5.91 Å². The van der Waals surface area contributed by atoms with E-state index in [1.54, 1.807) is 24.3 Å². The quantitative estimate of drug-likeness (QED) is 0.560. The Morgan fingerprint density at radius 3 is 2.38 bits per heavy atom. The van der Waals surface area contributed by atoms with Gasteiger partial charge in [-0.25, -0.2) is 0 Å². The molecule has 1 aliphatic heterocycles. The Morgan fingerprint density at radius 2 is 1.62 bits per heavy atom. The first kappa shape index (κ1) is 23.3. The number of rotatable bonds is 8. The minimum Gasteiger partial charge on any atom is -0.488 e. The van der Waals surface area contributed by atoms with Crippen LogP contribution < -0.4 is 10.5 Å². The van der Waals surface area contributed by atoms with E-state index in [9.17, 15) is 9.59 Å². The highest BCUT2D eigenvalue weighted by Crippen LogP contribution is 2.19. The number of ether oxygens (including phenoxy) is 1. The van der Waals surface area contributed by atoms with Gasteiger partial charge in [-0.05, 0) is 35.4 Å². The van der Waals surface area contributed by atoms with Crippen molar-refractivity contribution in [3.05, 3.63) is 107 Å². The Balaban J connectivity index is 1.30. The second-order valence-electron chi connectivity index (χ2n) is 8.26. The van der Waals surface area contributed by atoms with E-state index in [2.05, 4.69) is 29.2 Å². The molecule has 174 valence electrons. The van der Waals surface area contributed by atoms with Crippen molar-refractivity contribution in [2.75, 3.05) is 32.7 Å². The number of amides is 2. The molecular weight excluding hydrogens is 426 g/mol. The highest BCUT2D eigenvalue weighted by Gasteiger charge is 2.21. The van der Waals surface area contributed by atoms with Crippen molar-refractivity contribution in [1.82, 2.24) is 9.80 Å². The zero-order valence-electron chi connectivity index (χ0n) is 19.1. The summed E-state index contributed by atoms with van der Waals surface area (Å²) < 4.78 is 5.81. The van der Waals surface area contributed by atoms with Gasteiger partial charge < -0.3 is 15.4 Å². The van der Waals surface area contributed by atoms with Gasteiger partial charge in [0.05, 0.1) is 5.56 Å². The third-order valence-corrected chi connectivity index (χ3v) is 5.85. The number of carbonyl (C=O) groups excluding carboxylic acids is 2. The summed E-state index contributed by atoms with van der Waals surface area (Å²) in [4.78, 5) is 28.9. The minimum absolute atomic E-state index is 0.0267. The number of benzene rings is 3. The topological polar surface area (TPSA) is 75.9 Å². The van der Waals surface area contributed by atoms with Crippen LogP contribution in [0.4, 0.5) is 0 Å². The van der Waals surface area contributed by atoms with Crippen LogP contribution in [-0.2, 0) is 6.61 Å². The highest BCUT2D eigenvalue weighted by atomic mass is 16.5. The van der Waals surface area contributed by atoms with E-state index in [0.717, 1.165) is 25.2 Å². The molecule has 1 aliphatic rings. The van der Waals surface area contributed by atoms with Gasteiger partial charge >= 0.3 is 0 Å². The van der Waals surface area contributed by atoms with E-state index in [1.165, 1.54) is 5.56 Å². The molecular formula is C28H29N3O3. The summed E-state index contributed by atoms with van der Waals surface area (Å²) in [5, 5.41) is 0. The molecule has 34 heavy (non-hydrogen) atoms. The van der Waals surface area contributed by atoms with Gasteiger partial charge in [0.15, 0.2) is 0 Å². The molecule has 2 N–H and O–H groups in total. The van der Waals surface area contributed by atoms with Crippen LogP contribution in [0.3, 0.4) is 0 Å². The normalized spacial score (nSPS) is 14.3. The lowest BCUT2D eigenvalue weighted by molar-refractivity contribution is 0.0650. The van der Waals surface area contributed by atoms with Gasteiger partial charge in [0.1, 0.15) is 12.4 Å². The van der Waals surface area contributed by atoms with E-state index in [0.29, 0.717) is 30.0 Å². The van der Waals surface area contributed by atoms with Crippen LogP contribution in [0.1, 0.15) is 31.8 Å².